The molecule has 1 unspecified atom stereocenters. The Morgan fingerprint density at radius 3 is 2.73 bits per heavy atom. The molecule has 1 aromatic heterocycles. The van der Waals surface area contributed by atoms with E-state index in [-0.39, 0.29) is 17.4 Å². The summed E-state index contributed by atoms with van der Waals surface area (Å²) in [6, 6.07) is 11.8. The molecule has 0 N–H and O–H groups in total. The number of halogens is 1. The highest BCUT2D eigenvalue weighted by molar-refractivity contribution is 5.83. The number of benzene rings is 2. The van der Waals surface area contributed by atoms with E-state index < -0.39 is 0 Å². The monoisotopic (exact) mass is 353 g/mol. The van der Waals surface area contributed by atoms with E-state index in [0.29, 0.717) is 29.9 Å². The summed E-state index contributed by atoms with van der Waals surface area (Å²) in [4.78, 5) is 19.7. The minimum atomic E-state index is -0.291. The lowest BCUT2D eigenvalue weighted by Gasteiger charge is -2.32. The third-order valence-corrected chi connectivity index (χ3v) is 4.96. The zero-order valence-electron chi connectivity index (χ0n) is 14.8. The van der Waals surface area contributed by atoms with Crippen molar-refractivity contribution >= 4 is 10.9 Å². The predicted octanol–water partition coefficient (Wildman–Crippen LogP) is 2.74. The van der Waals surface area contributed by atoms with Crippen LogP contribution in [-0.2, 0) is 11.8 Å². The molecule has 0 bridgehead atoms. The Morgan fingerprint density at radius 1 is 1.15 bits per heavy atom. The van der Waals surface area contributed by atoms with Crippen molar-refractivity contribution in [3.8, 4) is 11.1 Å². The quantitative estimate of drug-likeness (QED) is 0.711. The lowest BCUT2D eigenvalue weighted by Crippen LogP contribution is -2.40. The number of aromatic nitrogens is 2. The van der Waals surface area contributed by atoms with Gasteiger partial charge < -0.3 is 4.74 Å². The largest absolute Gasteiger partial charge is 0.378 e. The first-order valence-corrected chi connectivity index (χ1v) is 8.59. The number of ether oxygens (including phenoxy) is 1. The summed E-state index contributed by atoms with van der Waals surface area (Å²) in [5, 5.41) is 0.552. The summed E-state index contributed by atoms with van der Waals surface area (Å²) in [5.74, 6) is 0.391. The summed E-state index contributed by atoms with van der Waals surface area (Å²) < 4.78 is 20.7. The highest BCUT2D eigenvalue weighted by Gasteiger charge is 2.25. The molecule has 2 heterocycles. The molecule has 4 rings (SSSR count). The molecule has 1 atom stereocenters. The van der Waals surface area contributed by atoms with Crippen LogP contribution in [0.15, 0.2) is 47.3 Å². The van der Waals surface area contributed by atoms with E-state index in [4.69, 9.17) is 9.72 Å². The van der Waals surface area contributed by atoms with Crippen LogP contribution in [0.4, 0.5) is 4.39 Å². The van der Waals surface area contributed by atoms with E-state index in [0.717, 1.165) is 17.7 Å². The Hall–Kier alpha value is -2.57. The molecule has 3 aromatic rings. The van der Waals surface area contributed by atoms with Gasteiger partial charge in [0.25, 0.3) is 5.56 Å². The highest BCUT2D eigenvalue weighted by atomic mass is 19.1. The van der Waals surface area contributed by atoms with Gasteiger partial charge in [-0.1, -0.05) is 18.2 Å². The molecule has 1 fully saturated rings. The molecule has 0 amide bonds. The van der Waals surface area contributed by atoms with Crippen LogP contribution in [0.1, 0.15) is 11.9 Å². The Morgan fingerprint density at radius 2 is 1.96 bits per heavy atom. The van der Waals surface area contributed by atoms with Gasteiger partial charge in [0.2, 0.25) is 0 Å². The van der Waals surface area contributed by atoms with Crippen LogP contribution in [0.25, 0.3) is 22.0 Å². The summed E-state index contributed by atoms with van der Waals surface area (Å²) in [7, 11) is 3.75. The van der Waals surface area contributed by atoms with Gasteiger partial charge >= 0.3 is 0 Å². The fourth-order valence-corrected chi connectivity index (χ4v) is 3.39. The molecule has 0 radical (unpaired) electrons. The maximum absolute atomic E-state index is 13.5. The number of nitrogens with zero attached hydrogens (tertiary/aromatic N) is 3. The minimum Gasteiger partial charge on any atom is -0.378 e. The molecule has 1 aliphatic heterocycles. The van der Waals surface area contributed by atoms with Crippen LogP contribution in [0.5, 0.6) is 0 Å². The van der Waals surface area contributed by atoms with Crippen molar-refractivity contribution in [3.05, 3.63) is 64.5 Å². The first kappa shape index (κ1) is 16.9. The van der Waals surface area contributed by atoms with Gasteiger partial charge in [0.05, 0.1) is 30.2 Å². The number of hydrogen-bond acceptors (Lipinski definition) is 4. The van der Waals surface area contributed by atoms with Crippen molar-refractivity contribution in [2.75, 3.05) is 26.8 Å². The third kappa shape index (κ3) is 2.91. The molecule has 2 aromatic carbocycles. The van der Waals surface area contributed by atoms with Gasteiger partial charge in [-0.3, -0.25) is 14.3 Å². The highest BCUT2D eigenvalue weighted by Crippen LogP contribution is 2.25. The molecule has 0 saturated carbocycles. The number of fused-ring (bicyclic) bond motifs is 1. The molecule has 1 aliphatic rings. The Balaban J connectivity index is 1.87. The summed E-state index contributed by atoms with van der Waals surface area (Å²) >= 11 is 0. The zero-order chi connectivity index (χ0) is 18.3. The van der Waals surface area contributed by atoms with Crippen LogP contribution in [-0.4, -0.2) is 41.3 Å². The molecule has 0 aliphatic carbocycles. The summed E-state index contributed by atoms with van der Waals surface area (Å²) in [6.45, 7) is 1.98. The van der Waals surface area contributed by atoms with Crippen molar-refractivity contribution in [2.45, 2.75) is 6.04 Å². The second-order valence-electron chi connectivity index (χ2n) is 6.65. The van der Waals surface area contributed by atoms with E-state index >= 15 is 0 Å². The normalized spacial score (nSPS) is 18.3. The molecule has 6 heteroatoms. The van der Waals surface area contributed by atoms with E-state index in [1.807, 2.05) is 25.2 Å². The van der Waals surface area contributed by atoms with Crippen molar-refractivity contribution in [2.24, 2.45) is 7.05 Å². The number of morpholine rings is 1. The van der Waals surface area contributed by atoms with Gasteiger partial charge in [0.1, 0.15) is 11.6 Å². The second-order valence-corrected chi connectivity index (χ2v) is 6.65. The number of hydrogen-bond donors (Lipinski definition) is 0. The average molecular weight is 353 g/mol. The van der Waals surface area contributed by atoms with Gasteiger partial charge in [0.15, 0.2) is 0 Å². The molecule has 0 spiro atoms. The molecule has 1 saturated heterocycles. The molecular formula is C20H20FN3O2. The predicted molar refractivity (Wildman–Crippen MR) is 98.6 cm³/mol. The fourth-order valence-electron chi connectivity index (χ4n) is 3.39. The lowest BCUT2D eigenvalue weighted by atomic mass is 10.0. The number of likely N-dealkylation sites (N-methyl/N-ethyl adjacent to an activating group) is 1. The van der Waals surface area contributed by atoms with Crippen LogP contribution in [0.3, 0.4) is 0 Å². The first-order chi connectivity index (χ1) is 12.5. The smallest absolute Gasteiger partial charge is 0.261 e. The van der Waals surface area contributed by atoms with Crippen molar-refractivity contribution in [1.82, 2.24) is 14.5 Å². The minimum absolute atomic E-state index is 0.0660. The van der Waals surface area contributed by atoms with Gasteiger partial charge in [-0.2, -0.15) is 0 Å². The SMILES string of the molecule is CN1CCOCC1c1nc2cc(-c3cccc(F)c3)ccc2c(=O)n1C. The molecule has 134 valence electrons. The number of rotatable bonds is 2. The van der Waals surface area contributed by atoms with E-state index in [2.05, 4.69) is 4.90 Å². The fraction of sp³-hybridized carbons (Fsp3) is 0.300. The lowest BCUT2D eigenvalue weighted by molar-refractivity contribution is 0.000514. The molecular weight excluding hydrogens is 333 g/mol. The molecule has 5 nitrogen and oxygen atoms in total. The van der Waals surface area contributed by atoms with E-state index in [1.165, 1.54) is 12.1 Å². The topological polar surface area (TPSA) is 47.4 Å². The zero-order valence-corrected chi connectivity index (χ0v) is 14.8. The van der Waals surface area contributed by atoms with Gasteiger partial charge in [-0.25, -0.2) is 9.37 Å². The van der Waals surface area contributed by atoms with Crippen LogP contribution < -0.4 is 5.56 Å². The summed E-state index contributed by atoms with van der Waals surface area (Å²) in [6.07, 6.45) is 0. The van der Waals surface area contributed by atoms with Crippen LogP contribution in [0.2, 0.25) is 0 Å². The maximum atomic E-state index is 13.5. The van der Waals surface area contributed by atoms with Crippen molar-refractivity contribution < 1.29 is 9.13 Å². The standard InChI is InChI=1S/C20H20FN3O2/c1-23-8-9-26-12-18(23)19-22-17-11-14(13-4-3-5-15(21)10-13)6-7-16(17)20(25)24(19)2/h3-7,10-11,18H,8-9,12H2,1-2H3. The first-order valence-electron chi connectivity index (χ1n) is 8.59. The van der Waals surface area contributed by atoms with Crippen molar-refractivity contribution in [1.29, 1.82) is 0 Å². The van der Waals surface area contributed by atoms with Gasteiger partial charge in [-0.05, 0) is 42.4 Å². The van der Waals surface area contributed by atoms with E-state index in [1.54, 1.807) is 23.7 Å². The van der Waals surface area contributed by atoms with Gasteiger partial charge in [0, 0.05) is 13.6 Å². The Labute approximate surface area is 150 Å². The average Bonchev–Trinajstić information content (AvgIpc) is 2.65. The maximum Gasteiger partial charge on any atom is 0.261 e. The van der Waals surface area contributed by atoms with E-state index in [9.17, 15) is 9.18 Å². The Bertz CT molecular complexity index is 1030. The summed E-state index contributed by atoms with van der Waals surface area (Å²) in [5.41, 5.74) is 2.12. The second kappa shape index (κ2) is 6.63. The van der Waals surface area contributed by atoms with Crippen LogP contribution in [0, 0.1) is 5.82 Å². The molecule has 26 heavy (non-hydrogen) atoms. The van der Waals surface area contributed by atoms with Crippen molar-refractivity contribution in [3.63, 3.8) is 0 Å². The van der Waals surface area contributed by atoms with Crippen LogP contribution >= 0.6 is 0 Å². The third-order valence-electron chi connectivity index (χ3n) is 4.96. The Kier molecular flexibility index (Phi) is 4.30. The van der Waals surface area contributed by atoms with Gasteiger partial charge in [-0.15, -0.1) is 0 Å².